The molecule has 1 aromatic rings. The Morgan fingerprint density at radius 3 is 2.78 bits per heavy atom. The molecule has 5 nitrogen and oxygen atoms in total. The molecular weight excluding hydrogens is 345 g/mol. The zero-order chi connectivity index (χ0) is 19.2. The first kappa shape index (κ1) is 20.2. The van der Waals surface area contributed by atoms with Gasteiger partial charge in [0.2, 0.25) is 5.91 Å². The Balaban J connectivity index is 1.48. The van der Waals surface area contributed by atoms with Gasteiger partial charge in [-0.1, -0.05) is 18.2 Å². The minimum absolute atomic E-state index is 0.00794. The monoisotopic (exact) mass is 377 g/mol. The fourth-order valence-corrected chi connectivity index (χ4v) is 3.90. The molecule has 2 fully saturated rings. The summed E-state index contributed by atoms with van der Waals surface area (Å²) in [5, 5.41) is 0. The molecule has 0 bridgehead atoms. The topological polar surface area (TPSA) is 36.0 Å². The molecular formula is C21H32FN3O2. The van der Waals surface area contributed by atoms with Crippen LogP contribution in [0.15, 0.2) is 24.3 Å². The molecule has 6 heteroatoms. The fraction of sp³-hybridized carbons (Fsp3) is 0.667. The van der Waals surface area contributed by atoms with Gasteiger partial charge in [-0.2, -0.15) is 0 Å². The van der Waals surface area contributed by atoms with Crippen molar-refractivity contribution in [2.24, 2.45) is 0 Å². The smallest absolute Gasteiger partial charge is 0.225 e. The average molecular weight is 378 g/mol. The minimum atomic E-state index is -0.154. The van der Waals surface area contributed by atoms with E-state index in [1.807, 2.05) is 17.0 Å². The van der Waals surface area contributed by atoms with Crippen molar-refractivity contribution in [1.29, 1.82) is 0 Å². The Hall–Kier alpha value is -1.50. The number of carbonyl (C=O) groups is 1. The predicted octanol–water partition coefficient (Wildman–Crippen LogP) is 2.36. The maximum Gasteiger partial charge on any atom is 0.225 e. The zero-order valence-electron chi connectivity index (χ0n) is 16.6. The Morgan fingerprint density at radius 2 is 2.00 bits per heavy atom. The molecule has 2 aliphatic heterocycles. The van der Waals surface area contributed by atoms with Crippen LogP contribution < -0.4 is 0 Å². The van der Waals surface area contributed by atoms with Crippen LogP contribution in [0.25, 0.3) is 0 Å². The molecule has 150 valence electrons. The lowest BCUT2D eigenvalue weighted by Gasteiger charge is -2.36. The molecule has 0 radical (unpaired) electrons. The number of ether oxygens (including phenoxy) is 1. The van der Waals surface area contributed by atoms with E-state index in [1.165, 1.54) is 6.07 Å². The summed E-state index contributed by atoms with van der Waals surface area (Å²) in [6.45, 7) is 10.6. The summed E-state index contributed by atoms with van der Waals surface area (Å²) in [4.78, 5) is 19.3. The molecule has 2 heterocycles. The molecule has 0 aromatic heterocycles. The Kier molecular flexibility index (Phi) is 7.21. The van der Waals surface area contributed by atoms with E-state index in [0.29, 0.717) is 32.2 Å². The van der Waals surface area contributed by atoms with Crippen molar-refractivity contribution >= 4 is 5.91 Å². The minimum Gasteiger partial charge on any atom is -0.375 e. The van der Waals surface area contributed by atoms with Gasteiger partial charge in [-0.05, 0) is 26.3 Å². The lowest BCUT2D eigenvalue weighted by Crippen LogP contribution is -2.47. The van der Waals surface area contributed by atoms with Gasteiger partial charge in [-0.15, -0.1) is 0 Å². The van der Waals surface area contributed by atoms with Crippen LogP contribution in [-0.4, -0.2) is 78.6 Å². The van der Waals surface area contributed by atoms with Crippen LogP contribution in [0.3, 0.4) is 0 Å². The van der Waals surface area contributed by atoms with Crippen molar-refractivity contribution in [2.75, 3.05) is 45.9 Å². The standard InChI is InChI=1S/C21H32FN3O2/c1-17(2)25-12-13-27-19(16-25)14-21(26)24-9-5-8-23(10-11-24)15-18-6-3-4-7-20(18)22/h3-4,6-7,17,19H,5,8-16H2,1-2H3. The lowest BCUT2D eigenvalue weighted by molar-refractivity contribution is -0.136. The van der Waals surface area contributed by atoms with Crippen LogP contribution in [0, 0.1) is 5.82 Å². The summed E-state index contributed by atoms with van der Waals surface area (Å²) in [5.74, 6) is 0.0252. The number of morpholine rings is 1. The largest absolute Gasteiger partial charge is 0.375 e. The Morgan fingerprint density at radius 1 is 1.19 bits per heavy atom. The first-order valence-corrected chi connectivity index (χ1v) is 10.1. The molecule has 1 aromatic carbocycles. The molecule has 0 aliphatic carbocycles. The summed E-state index contributed by atoms with van der Waals surface area (Å²) >= 11 is 0. The van der Waals surface area contributed by atoms with Crippen LogP contribution in [0.5, 0.6) is 0 Å². The molecule has 3 rings (SSSR count). The van der Waals surface area contributed by atoms with E-state index < -0.39 is 0 Å². The summed E-state index contributed by atoms with van der Waals surface area (Å²) < 4.78 is 19.7. The van der Waals surface area contributed by atoms with Gasteiger partial charge < -0.3 is 9.64 Å². The summed E-state index contributed by atoms with van der Waals surface area (Å²) in [6, 6.07) is 7.42. The van der Waals surface area contributed by atoms with Crippen molar-refractivity contribution in [3.05, 3.63) is 35.6 Å². The van der Waals surface area contributed by atoms with E-state index in [1.54, 1.807) is 6.07 Å². The number of halogens is 1. The molecule has 1 unspecified atom stereocenters. The van der Waals surface area contributed by atoms with E-state index in [-0.39, 0.29) is 17.8 Å². The number of nitrogens with zero attached hydrogens (tertiary/aromatic N) is 3. The second-order valence-electron chi connectivity index (χ2n) is 7.89. The predicted molar refractivity (Wildman–Crippen MR) is 104 cm³/mol. The zero-order valence-corrected chi connectivity index (χ0v) is 16.6. The van der Waals surface area contributed by atoms with Crippen molar-refractivity contribution in [3.8, 4) is 0 Å². The first-order chi connectivity index (χ1) is 13.0. The molecule has 0 spiro atoms. The number of amides is 1. The highest BCUT2D eigenvalue weighted by Crippen LogP contribution is 2.15. The summed E-state index contributed by atoms with van der Waals surface area (Å²) in [7, 11) is 0. The van der Waals surface area contributed by atoms with Gasteiger partial charge in [0.15, 0.2) is 0 Å². The van der Waals surface area contributed by atoms with Gasteiger partial charge in [-0.3, -0.25) is 14.6 Å². The number of carbonyl (C=O) groups excluding carboxylic acids is 1. The van der Waals surface area contributed by atoms with Gasteiger partial charge in [0.1, 0.15) is 5.82 Å². The fourth-order valence-electron chi connectivity index (χ4n) is 3.90. The number of hydrogen-bond acceptors (Lipinski definition) is 4. The first-order valence-electron chi connectivity index (χ1n) is 10.1. The number of hydrogen-bond donors (Lipinski definition) is 0. The maximum atomic E-state index is 13.9. The van der Waals surface area contributed by atoms with Crippen molar-refractivity contribution in [3.63, 3.8) is 0 Å². The van der Waals surface area contributed by atoms with E-state index in [9.17, 15) is 9.18 Å². The molecule has 1 amide bonds. The molecule has 2 saturated heterocycles. The SMILES string of the molecule is CC(C)N1CCOC(CC(=O)N2CCCN(Cc3ccccc3F)CC2)C1. The van der Waals surface area contributed by atoms with E-state index >= 15 is 0 Å². The lowest BCUT2D eigenvalue weighted by atomic mass is 10.1. The number of rotatable bonds is 5. The summed E-state index contributed by atoms with van der Waals surface area (Å²) in [5.41, 5.74) is 0.724. The molecule has 27 heavy (non-hydrogen) atoms. The van der Waals surface area contributed by atoms with Gasteiger partial charge in [0, 0.05) is 57.4 Å². The third kappa shape index (κ3) is 5.74. The van der Waals surface area contributed by atoms with E-state index in [4.69, 9.17) is 4.74 Å². The second kappa shape index (κ2) is 9.62. The quantitative estimate of drug-likeness (QED) is 0.789. The van der Waals surface area contributed by atoms with Crippen LogP contribution in [-0.2, 0) is 16.1 Å². The van der Waals surface area contributed by atoms with Crippen molar-refractivity contribution in [2.45, 2.75) is 45.4 Å². The molecule has 2 aliphatic rings. The third-order valence-electron chi connectivity index (χ3n) is 5.60. The third-order valence-corrected chi connectivity index (χ3v) is 5.60. The molecule has 0 N–H and O–H groups in total. The van der Waals surface area contributed by atoms with Gasteiger partial charge in [0.25, 0.3) is 0 Å². The summed E-state index contributed by atoms with van der Waals surface area (Å²) in [6.07, 6.45) is 1.37. The van der Waals surface area contributed by atoms with Crippen LogP contribution >= 0.6 is 0 Å². The van der Waals surface area contributed by atoms with Crippen molar-refractivity contribution in [1.82, 2.24) is 14.7 Å². The van der Waals surface area contributed by atoms with Gasteiger partial charge in [-0.25, -0.2) is 4.39 Å². The molecule has 1 atom stereocenters. The molecule has 0 saturated carbocycles. The van der Waals surface area contributed by atoms with Crippen LogP contribution in [0.4, 0.5) is 4.39 Å². The van der Waals surface area contributed by atoms with Gasteiger partial charge in [0.05, 0.1) is 19.1 Å². The van der Waals surface area contributed by atoms with Crippen LogP contribution in [0.2, 0.25) is 0 Å². The average Bonchev–Trinajstić information content (AvgIpc) is 2.89. The normalized spacial score (nSPS) is 22.8. The maximum absolute atomic E-state index is 13.9. The van der Waals surface area contributed by atoms with E-state index in [0.717, 1.165) is 44.7 Å². The highest BCUT2D eigenvalue weighted by Gasteiger charge is 2.27. The van der Waals surface area contributed by atoms with Gasteiger partial charge >= 0.3 is 0 Å². The van der Waals surface area contributed by atoms with E-state index in [2.05, 4.69) is 23.6 Å². The Bertz CT molecular complexity index is 625. The van der Waals surface area contributed by atoms with Crippen LogP contribution in [0.1, 0.15) is 32.3 Å². The Labute approximate surface area is 162 Å². The van der Waals surface area contributed by atoms with Crippen molar-refractivity contribution < 1.29 is 13.9 Å². The highest BCUT2D eigenvalue weighted by atomic mass is 19.1. The number of benzene rings is 1. The highest BCUT2D eigenvalue weighted by molar-refractivity contribution is 5.76. The second-order valence-corrected chi connectivity index (χ2v) is 7.89.